The van der Waals surface area contributed by atoms with Crippen molar-refractivity contribution in [3.05, 3.63) is 64.0 Å². The fourth-order valence-electron chi connectivity index (χ4n) is 2.10. The molecule has 0 bridgehead atoms. The Balaban J connectivity index is 2.09. The second kappa shape index (κ2) is 8.96. The van der Waals surface area contributed by atoms with E-state index in [0.717, 1.165) is 12.1 Å². The molecule has 2 aromatic carbocycles. The quantitative estimate of drug-likeness (QED) is 0.454. The van der Waals surface area contributed by atoms with Gasteiger partial charge in [-0.05, 0) is 35.9 Å². The highest BCUT2D eigenvalue weighted by atomic mass is 19.1. The van der Waals surface area contributed by atoms with Gasteiger partial charge in [0, 0.05) is 17.8 Å². The number of halogens is 1. The Morgan fingerprint density at radius 3 is 2.78 bits per heavy atom. The largest absolute Gasteiger partial charge is 0.493 e. The van der Waals surface area contributed by atoms with Crippen molar-refractivity contribution in [2.24, 2.45) is 0 Å². The predicted molar refractivity (Wildman–Crippen MR) is 94.8 cm³/mol. The number of nitrogens with zero attached hydrogens (tertiary/aromatic N) is 2. The summed E-state index contributed by atoms with van der Waals surface area (Å²) in [5.41, 5.74) is -0.0125. The zero-order chi connectivity index (χ0) is 19.8. The Morgan fingerprint density at radius 2 is 2.11 bits per heavy atom. The summed E-state index contributed by atoms with van der Waals surface area (Å²) in [6.45, 7) is -0.127. The Kier molecular flexibility index (Phi) is 6.44. The molecule has 1 N–H and O–H groups in total. The first kappa shape index (κ1) is 19.4. The van der Waals surface area contributed by atoms with Crippen LogP contribution in [-0.2, 0) is 4.79 Å². The molecule has 0 atom stereocenters. The fraction of sp³-hybridized carbons (Fsp3) is 0.111. The van der Waals surface area contributed by atoms with Crippen LogP contribution in [0.2, 0.25) is 0 Å². The second-order valence-electron chi connectivity index (χ2n) is 5.10. The average Bonchev–Trinajstić information content (AvgIpc) is 2.66. The van der Waals surface area contributed by atoms with E-state index >= 15 is 0 Å². The molecular weight excluding hydrogens is 357 g/mol. The van der Waals surface area contributed by atoms with Gasteiger partial charge < -0.3 is 14.8 Å². The Morgan fingerprint density at radius 1 is 1.33 bits per heavy atom. The lowest BCUT2D eigenvalue weighted by Gasteiger charge is -2.08. The molecule has 8 nitrogen and oxygen atoms in total. The normalized spacial score (nSPS) is 10.3. The van der Waals surface area contributed by atoms with Crippen molar-refractivity contribution in [2.75, 3.05) is 19.0 Å². The minimum Gasteiger partial charge on any atom is -0.493 e. The number of carbonyl (C=O) groups is 1. The molecule has 27 heavy (non-hydrogen) atoms. The monoisotopic (exact) mass is 371 g/mol. The summed E-state index contributed by atoms with van der Waals surface area (Å²) in [6, 6.07) is 9.77. The van der Waals surface area contributed by atoms with Crippen LogP contribution in [0.5, 0.6) is 11.5 Å². The highest BCUT2D eigenvalue weighted by molar-refractivity contribution is 6.02. The number of hydrogen-bond donors (Lipinski definition) is 1. The molecule has 9 heteroatoms. The number of nitro benzene ring substituents is 1. The molecule has 0 heterocycles. The van der Waals surface area contributed by atoms with Crippen molar-refractivity contribution >= 4 is 23.4 Å². The van der Waals surface area contributed by atoms with Gasteiger partial charge in [0.25, 0.3) is 0 Å². The summed E-state index contributed by atoms with van der Waals surface area (Å²) in [7, 11) is 1.44. The molecular formula is C18H14FN3O5. The lowest BCUT2D eigenvalue weighted by Crippen LogP contribution is -2.08. The molecule has 138 valence electrons. The van der Waals surface area contributed by atoms with E-state index < -0.39 is 22.3 Å². The van der Waals surface area contributed by atoms with Gasteiger partial charge >= 0.3 is 5.69 Å². The van der Waals surface area contributed by atoms with E-state index in [-0.39, 0.29) is 12.3 Å². The molecule has 1 amide bonds. The van der Waals surface area contributed by atoms with E-state index in [2.05, 4.69) is 5.32 Å². The number of nitro groups is 1. The van der Waals surface area contributed by atoms with Crippen molar-refractivity contribution in [3.63, 3.8) is 0 Å². The third-order valence-electron chi connectivity index (χ3n) is 3.32. The molecule has 0 aliphatic heterocycles. The van der Waals surface area contributed by atoms with Gasteiger partial charge in [-0.1, -0.05) is 6.07 Å². The number of nitriles is 1. The van der Waals surface area contributed by atoms with Crippen LogP contribution in [0.15, 0.2) is 42.5 Å². The number of hydrogen-bond acceptors (Lipinski definition) is 6. The van der Waals surface area contributed by atoms with Crippen molar-refractivity contribution in [1.29, 1.82) is 5.26 Å². The molecule has 0 aromatic heterocycles. The number of benzene rings is 2. The zero-order valence-electron chi connectivity index (χ0n) is 14.1. The molecule has 2 rings (SSSR count). The third kappa shape index (κ3) is 5.27. The smallest absolute Gasteiger partial charge is 0.306 e. The summed E-state index contributed by atoms with van der Waals surface area (Å²) in [5, 5.41) is 21.7. The average molecular weight is 371 g/mol. The predicted octanol–water partition coefficient (Wildman–Crippen LogP) is 3.30. The molecule has 0 unspecified atom stereocenters. The number of nitrogens with one attached hydrogen (secondary N) is 1. The van der Waals surface area contributed by atoms with Crippen LogP contribution in [0.3, 0.4) is 0 Å². The van der Waals surface area contributed by atoms with Crippen LogP contribution >= 0.6 is 0 Å². The number of methoxy groups -OCH3 is 1. The lowest BCUT2D eigenvalue weighted by atomic mass is 10.2. The van der Waals surface area contributed by atoms with E-state index in [1.54, 1.807) is 18.2 Å². The van der Waals surface area contributed by atoms with Gasteiger partial charge in [0.2, 0.25) is 11.7 Å². The Labute approximate surface area is 153 Å². The zero-order valence-corrected chi connectivity index (χ0v) is 14.1. The Bertz CT molecular complexity index is 937. The maximum absolute atomic E-state index is 13.3. The van der Waals surface area contributed by atoms with Crippen LogP contribution < -0.4 is 14.8 Å². The highest BCUT2D eigenvalue weighted by Gasteiger charge is 2.14. The van der Waals surface area contributed by atoms with Crippen molar-refractivity contribution in [1.82, 2.24) is 0 Å². The minimum absolute atomic E-state index is 0.0931. The maximum Gasteiger partial charge on any atom is 0.306 e. The summed E-state index contributed by atoms with van der Waals surface area (Å²) in [4.78, 5) is 21.8. The Hall–Kier alpha value is -3.93. The van der Waals surface area contributed by atoms with E-state index in [4.69, 9.17) is 14.7 Å². The number of carbonyl (C=O) groups excluding carboxylic acids is 1. The highest BCUT2D eigenvalue weighted by Crippen LogP contribution is 2.28. The summed E-state index contributed by atoms with van der Waals surface area (Å²) in [5.74, 6) is -0.764. The van der Waals surface area contributed by atoms with Crippen LogP contribution in [0.4, 0.5) is 15.8 Å². The third-order valence-corrected chi connectivity index (χ3v) is 3.32. The van der Waals surface area contributed by atoms with Crippen LogP contribution in [-0.4, -0.2) is 24.5 Å². The number of rotatable bonds is 7. The van der Waals surface area contributed by atoms with Gasteiger partial charge in [-0.3, -0.25) is 14.9 Å². The molecule has 0 spiro atoms. The van der Waals surface area contributed by atoms with Gasteiger partial charge in [0.1, 0.15) is 6.07 Å². The van der Waals surface area contributed by atoms with Crippen LogP contribution in [0, 0.1) is 27.3 Å². The van der Waals surface area contributed by atoms with E-state index in [1.807, 2.05) is 6.07 Å². The molecule has 0 fully saturated rings. The first-order valence-corrected chi connectivity index (χ1v) is 7.55. The summed E-state index contributed by atoms with van der Waals surface area (Å²) < 4.78 is 23.7. The number of amides is 1. The fourth-order valence-corrected chi connectivity index (χ4v) is 2.10. The van der Waals surface area contributed by atoms with Crippen molar-refractivity contribution < 1.29 is 23.6 Å². The van der Waals surface area contributed by atoms with Gasteiger partial charge in [0.15, 0.2) is 18.1 Å². The molecule has 2 aromatic rings. The van der Waals surface area contributed by atoms with Crippen LogP contribution in [0.1, 0.15) is 5.56 Å². The second-order valence-corrected chi connectivity index (χ2v) is 5.10. The first-order chi connectivity index (χ1) is 12.9. The van der Waals surface area contributed by atoms with Gasteiger partial charge in [-0.15, -0.1) is 0 Å². The maximum atomic E-state index is 13.3. The van der Waals surface area contributed by atoms with Crippen LogP contribution in [0.25, 0.3) is 6.08 Å². The minimum atomic E-state index is -0.987. The summed E-state index contributed by atoms with van der Waals surface area (Å²) >= 11 is 0. The molecule has 0 saturated carbocycles. The van der Waals surface area contributed by atoms with E-state index in [0.29, 0.717) is 17.1 Å². The van der Waals surface area contributed by atoms with Gasteiger partial charge in [0.05, 0.1) is 12.0 Å². The number of anilines is 1. The van der Waals surface area contributed by atoms with E-state index in [1.165, 1.54) is 25.3 Å². The van der Waals surface area contributed by atoms with Crippen molar-refractivity contribution in [3.8, 4) is 17.6 Å². The molecule has 0 aliphatic carbocycles. The topological polar surface area (TPSA) is 114 Å². The molecule has 0 aliphatic rings. The van der Waals surface area contributed by atoms with Gasteiger partial charge in [-0.2, -0.15) is 9.65 Å². The molecule has 0 radical (unpaired) electrons. The van der Waals surface area contributed by atoms with Crippen molar-refractivity contribution in [2.45, 2.75) is 0 Å². The molecule has 0 saturated heterocycles. The lowest BCUT2D eigenvalue weighted by molar-refractivity contribution is -0.387. The van der Waals surface area contributed by atoms with Gasteiger partial charge in [-0.25, -0.2) is 0 Å². The number of ether oxygens (including phenoxy) is 2. The van der Waals surface area contributed by atoms with E-state index in [9.17, 15) is 19.3 Å². The standard InChI is InChI=1S/C18H14FN3O5/c1-26-17-10-12(2-6-16(17)27-9-8-20)3-7-18(23)21-13-4-5-14(19)15(11-13)22(24)25/h2-7,10-11H,9H2,1H3,(H,21,23)/b7-3+. The summed E-state index contributed by atoms with van der Waals surface area (Å²) in [6.07, 6.45) is 2.70. The SMILES string of the molecule is COc1cc(/C=C/C(=O)Nc2ccc(F)c([N+](=O)[O-])c2)ccc1OCC#N. The first-order valence-electron chi connectivity index (χ1n) is 7.55.